The van der Waals surface area contributed by atoms with E-state index >= 15 is 0 Å². The maximum absolute atomic E-state index is 11.7. The van der Waals surface area contributed by atoms with E-state index in [-0.39, 0.29) is 12.5 Å². The first kappa shape index (κ1) is 12.4. The lowest BCUT2D eigenvalue weighted by molar-refractivity contribution is 0.0323. The molecule has 0 aliphatic rings. The van der Waals surface area contributed by atoms with Gasteiger partial charge < -0.3 is 19.3 Å². The van der Waals surface area contributed by atoms with Gasteiger partial charge >= 0.3 is 0 Å². The number of furan rings is 2. The molecule has 1 unspecified atom stereocenters. The van der Waals surface area contributed by atoms with Crippen LogP contribution < -0.4 is 5.32 Å². The Balaban J connectivity index is 1.99. The maximum atomic E-state index is 11.7. The van der Waals surface area contributed by atoms with Gasteiger partial charge in [-0.1, -0.05) is 0 Å². The summed E-state index contributed by atoms with van der Waals surface area (Å²) in [6.45, 7) is 3.44. The average Bonchev–Trinajstić information content (AvgIpc) is 2.96. The standard InChI is InChI=1S/C13H15NO4/c1-9-3-4-11(18-9)13(2,16)8-14-12(15)10-5-6-17-7-10/h3-7,16H,8H2,1-2H3,(H,14,15). The molecule has 2 aromatic rings. The topological polar surface area (TPSA) is 75.6 Å². The van der Waals surface area contributed by atoms with E-state index in [1.54, 1.807) is 32.0 Å². The minimum Gasteiger partial charge on any atom is -0.472 e. The van der Waals surface area contributed by atoms with E-state index in [1.807, 2.05) is 0 Å². The number of rotatable bonds is 4. The summed E-state index contributed by atoms with van der Waals surface area (Å²) in [7, 11) is 0. The first-order chi connectivity index (χ1) is 8.49. The molecule has 5 nitrogen and oxygen atoms in total. The van der Waals surface area contributed by atoms with Crippen molar-refractivity contribution >= 4 is 5.91 Å². The molecule has 0 saturated carbocycles. The Hall–Kier alpha value is -2.01. The van der Waals surface area contributed by atoms with Crippen LogP contribution in [-0.4, -0.2) is 17.6 Å². The highest BCUT2D eigenvalue weighted by molar-refractivity contribution is 5.93. The Bertz CT molecular complexity index is 525. The van der Waals surface area contributed by atoms with Crippen LogP contribution in [0.1, 0.15) is 28.8 Å². The lowest BCUT2D eigenvalue weighted by atomic mass is 10.0. The summed E-state index contributed by atoms with van der Waals surface area (Å²) in [6.07, 6.45) is 2.77. The van der Waals surface area contributed by atoms with E-state index in [0.717, 1.165) is 0 Å². The summed E-state index contributed by atoms with van der Waals surface area (Å²) >= 11 is 0. The highest BCUT2D eigenvalue weighted by atomic mass is 16.4. The van der Waals surface area contributed by atoms with Crippen molar-refractivity contribution in [2.24, 2.45) is 0 Å². The Morgan fingerprint density at radius 2 is 2.22 bits per heavy atom. The molecule has 1 amide bonds. The summed E-state index contributed by atoms with van der Waals surface area (Å²) in [5.74, 6) is 0.839. The van der Waals surface area contributed by atoms with Crippen LogP contribution in [0.15, 0.2) is 39.6 Å². The smallest absolute Gasteiger partial charge is 0.254 e. The molecule has 0 aliphatic carbocycles. The van der Waals surface area contributed by atoms with Crippen LogP contribution in [0.25, 0.3) is 0 Å². The van der Waals surface area contributed by atoms with Gasteiger partial charge in [-0.25, -0.2) is 0 Å². The minimum absolute atomic E-state index is 0.0595. The van der Waals surface area contributed by atoms with E-state index in [0.29, 0.717) is 17.1 Å². The number of aliphatic hydroxyl groups is 1. The molecule has 0 radical (unpaired) electrons. The molecular formula is C13H15NO4. The molecule has 2 rings (SSSR count). The van der Waals surface area contributed by atoms with Crippen LogP contribution in [-0.2, 0) is 5.60 Å². The normalized spacial score (nSPS) is 14.2. The van der Waals surface area contributed by atoms with Gasteiger partial charge in [0.25, 0.3) is 5.91 Å². The molecule has 0 bridgehead atoms. The van der Waals surface area contributed by atoms with E-state index in [4.69, 9.17) is 8.83 Å². The fourth-order valence-corrected chi connectivity index (χ4v) is 1.56. The second-order valence-electron chi connectivity index (χ2n) is 4.38. The molecule has 2 aromatic heterocycles. The van der Waals surface area contributed by atoms with Crippen LogP contribution in [0.5, 0.6) is 0 Å². The molecule has 1 atom stereocenters. The van der Waals surface area contributed by atoms with E-state index in [1.165, 1.54) is 12.5 Å². The Kier molecular flexibility index (Phi) is 3.25. The second-order valence-corrected chi connectivity index (χ2v) is 4.38. The van der Waals surface area contributed by atoms with Crippen molar-refractivity contribution in [3.05, 3.63) is 47.8 Å². The number of hydrogen-bond donors (Lipinski definition) is 2. The molecule has 2 heterocycles. The zero-order valence-corrected chi connectivity index (χ0v) is 10.3. The van der Waals surface area contributed by atoms with Crippen molar-refractivity contribution in [3.8, 4) is 0 Å². The van der Waals surface area contributed by atoms with Gasteiger partial charge in [0.2, 0.25) is 0 Å². The van der Waals surface area contributed by atoms with Gasteiger partial charge in [-0.15, -0.1) is 0 Å². The zero-order valence-electron chi connectivity index (χ0n) is 10.3. The van der Waals surface area contributed by atoms with Crippen molar-refractivity contribution in [2.45, 2.75) is 19.4 Å². The fourth-order valence-electron chi connectivity index (χ4n) is 1.56. The number of nitrogens with one attached hydrogen (secondary N) is 1. The number of aryl methyl sites for hydroxylation is 1. The highest BCUT2D eigenvalue weighted by Crippen LogP contribution is 2.22. The van der Waals surface area contributed by atoms with Gasteiger partial charge in [0.15, 0.2) is 0 Å². The third-order valence-electron chi connectivity index (χ3n) is 2.65. The summed E-state index contributed by atoms with van der Waals surface area (Å²) < 4.78 is 10.2. The molecule has 5 heteroatoms. The molecule has 0 aliphatic heterocycles. The van der Waals surface area contributed by atoms with Crippen molar-refractivity contribution < 1.29 is 18.7 Å². The largest absolute Gasteiger partial charge is 0.472 e. The second kappa shape index (κ2) is 4.70. The van der Waals surface area contributed by atoms with Crippen molar-refractivity contribution in [3.63, 3.8) is 0 Å². The predicted molar refractivity (Wildman–Crippen MR) is 64.1 cm³/mol. The van der Waals surface area contributed by atoms with Gasteiger partial charge in [0.05, 0.1) is 18.4 Å². The lowest BCUT2D eigenvalue weighted by Gasteiger charge is -2.21. The Labute approximate surface area is 104 Å². The van der Waals surface area contributed by atoms with Crippen LogP contribution in [0.3, 0.4) is 0 Å². The maximum Gasteiger partial charge on any atom is 0.254 e. The number of hydrogen-bond acceptors (Lipinski definition) is 4. The molecule has 18 heavy (non-hydrogen) atoms. The summed E-state index contributed by atoms with van der Waals surface area (Å²) in [5.41, 5.74) is -0.824. The molecule has 0 spiro atoms. The summed E-state index contributed by atoms with van der Waals surface area (Å²) in [6, 6.07) is 5.02. The third kappa shape index (κ3) is 2.62. The summed E-state index contributed by atoms with van der Waals surface area (Å²) in [5, 5.41) is 12.8. The van der Waals surface area contributed by atoms with E-state index < -0.39 is 5.60 Å². The van der Waals surface area contributed by atoms with Gasteiger partial charge in [-0.2, -0.15) is 0 Å². The SMILES string of the molecule is Cc1ccc(C(C)(O)CNC(=O)c2ccoc2)o1. The van der Waals surface area contributed by atoms with Gasteiger partial charge in [-0.05, 0) is 32.0 Å². The van der Waals surface area contributed by atoms with Crippen molar-refractivity contribution in [1.82, 2.24) is 5.32 Å². The van der Waals surface area contributed by atoms with Crippen LogP contribution in [0, 0.1) is 6.92 Å². The van der Waals surface area contributed by atoms with Crippen molar-refractivity contribution in [2.75, 3.05) is 6.54 Å². The quantitative estimate of drug-likeness (QED) is 0.866. The average molecular weight is 249 g/mol. The lowest BCUT2D eigenvalue weighted by Crippen LogP contribution is -2.38. The molecule has 96 valence electrons. The number of carbonyl (C=O) groups excluding carboxylic acids is 1. The number of carbonyl (C=O) groups is 1. The zero-order chi connectivity index (χ0) is 13.2. The molecule has 0 fully saturated rings. The monoisotopic (exact) mass is 249 g/mol. The van der Waals surface area contributed by atoms with Gasteiger partial charge in [-0.3, -0.25) is 4.79 Å². The minimum atomic E-state index is -1.24. The van der Waals surface area contributed by atoms with Crippen LogP contribution >= 0.6 is 0 Å². The number of amides is 1. The predicted octanol–water partition coefficient (Wildman–Crippen LogP) is 1.82. The molecule has 2 N–H and O–H groups in total. The van der Waals surface area contributed by atoms with Crippen LogP contribution in [0.4, 0.5) is 0 Å². The Morgan fingerprint density at radius 3 is 2.78 bits per heavy atom. The van der Waals surface area contributed by atoms with E-state index in [9.17, 15) is 9.90 Å². The Morgan fingerprint density at radius 1 is 1.44 bits per heavy atom. The third-order valence-corrected chi connectivity index (χ3v) is 2.65. The fraction of sp³-hybridized carbons (Fsp3) is 0.308. The van der Waals surface area contributed by atoms with Gasteiger partial charge in [0.1, 0.15) is 23.4 Å². The van der Waals surface area contributed by atoms with Crippen molar-refractivity contribution in [1.29, 1.82) is 0 Å². The molecule has 0 saturated heterocycles. The summed E-state index contributed by atoms with van der Waals surface area (Å²) in [4.78, 5) is 11.7. The van der Waals surface area contributed by atoms with Gasteiger partial charge in [0, 0.05) is 0 Å². The first-order valence-electron chi connectivity index (χ1n) is 5.59. The highest BCUT2D eigenvalue weighted by Gasteiger charge is 2.27. The molecular weight excluding hydrogens is 234 g/mol. The molecule has 0 aromatic carbocycles. The first-order valence-corrected chi connectivity index (χ1v) is 5.59. The van der Waals surface area contributed by atoms with Crippen LogP contribution in [0.2, 0.25) is 0 Å². The van der Waals surface area contributed by atoms with E-state index in [2.05, 4.69) is 5.32 Å².